The number of aliphatic imine (C=N–C) groups is 1. The molecule has 0 bridgehead atoms. The summed E-state index contributed by atoms with van der Waals surface area (Å²) in [7, 11) is 1.85. The van der Waals surface area contributed by atoms with E-state index in [1.807, 2.05) is 18.8 Å². The number of halogens is 1. The fourth-order valence-corrected chi connectivity index (χ4v) is 3.51. The second-order valence-electron chi connectivity index (χ2n) is 6.72. The van der Waals surface area contributed by atoms with Gasteiger partial charge in [-0.15, -0.1) is 24.0 Å². The molecule has 4 nitrogen and oxygen atoms in total. The normalized spacial score (nSPS) is 17.4. The molecule has 2 rings (SSSR count). The molecule has 1 fully saturated rings. The summed E-state index contributed by atoms with van der Waals surface area (Å²) in [5, 5.41) is 11.5. The van der Waals surface area contributed by atoms with Crippen molar-refractivity contribution in [3.05, 3.63) is 22.4 Å². The Morgan fingerprint density at radius 2 is 2.12 bits per heavy atom. The zero-order valence-corrected chi connectivity index (χ0v) is 19.1. The number of rotatable bonds is 6. The molecule has 1 aromatic rings. The SMILES string of the molecule is CN=C(NCC(C)(C)SC)NC1CCN(Cc2ccsc2)CC1.I. The van der Waals surface area contributed by atoms with Gasteiger partial charge in [-0.25, -0.2) is 0 Å². The molecule has 0 spiro atoms. The van der Waals surface area contributed by atoms with Gasteiger partial charge in [0.05, 0.1) is 0 Å². The molecule has 7 heteroatoms. The van der Waals surface area contributed by atoms with Crippen LogP contribution in [0.4, 0.5) is 0 Å². The number of thiophene rings is 1. The zero-order valence-electron chi connectivity index (χ0n) is 15.2. The highest BCUT2D eigenvalue weighted by Crippen LogP contribution is 2.19. The molecule has 1 aliphatic rings. The van der Waals surface area contributed by atoms with Crippen LogP contribution in [0.25, 0.3) is 0 Å². The number of thioether (sulfide) groups is 1. The molecule has 0 amide bonds. The number of hydrogen-bond donors (Lipinski definition) is 2. The Balaban J connectivity index is 0.00000288. The molecule has 2 heterocycles. The second kappa shape index (κ2) is 10.9. The molecule has 0 aliphatic carbocycles. The third-order valence-corrected chi connectivity index (χ3v) is 6.35. The van der Waals surface area contributed by atoms with E-state index < -0.39 is 0 Å². The van der Waals surface area contributed by atoms with Crippen LogP contribution in [-0.2, 0) is 6.54 Å². The van der Waals surface area contributed by atoms with Crippen LogP contribution in [0.1, 0.15) is 32.3 Å². The maximum absolute atomic E-state index is 4.37. The quantitative estimate of drug-likeness (QED) is 0.369. The van der Waals surface area contributed by atoms with E-state index in [9.17, 15) is 0 Å². The lowest BCUT2D eigenvalue weighted by atomic mass is 10.0. The van der Waals surface area contributed by atoms with Gasteiger partial charge in [-0.1, -0.05) is 0 Å². The molecule has 0 atom stereocenters. The standard InChI is InChI=1S/C17H30N4S2.HI/c1-17(2,22-4)13-19-16(18-3)20-15-5-8-21(9-6-15)11-14-7-10-23-12-14;/h7,10,12,15H,5-6,8-9,11,13H2,1-4H3,(H2,18,19,20);1H. The van der Waals surface area contributed by atoms with Gasteiger partial charge in [-0.2, -0.15) is 23.1 Å². The summed E-state index contributed by atoms with van der Waals surface area (Å²) in [6.07, 6.45) is 4.51. The Morgan fingerprint density at radius 3 is 2.67 bits per heavy atom. The Morgan fingerprint density at radius 1 is 1.42 bits per heavy atom. The first kappa shape index (κ1) is 22.1. The van der Waals surface area contributed by atoms with E-state index in [-0.39, 0.29) is 28.7 Å². The third kappa shape index (κ3) is 7.49. The minimum Gasteiger partial charge on any atom is -0.355 e. The summed E-state index contributed by atoms with van der Waals surface area (Å²) >= 11 is 3.66. The van der Waals surface area contributed by atoms with Crippen LogP contribution < -0.4 is 10.6 Å². The smallest absolute Gasteiger partial charge is 0.191 e. The molecule has 1 saturated heterocycles. The van der Waals surface area contributed by atoms with E-state index in [1.54, 1.807) is 11.3 Å². The predicted octanol–water partition coefficient (Wildman–Crippen LogP) is 3.64. The molecule has 1 aliphatic heterocycles. The van der Waals surface area contributed by atoms with Gasteiger partial charge in [-0.05, 0) is 55.3 Å². The molecule has 0 radical (unpaired) electrons. The van der Waals surface area contributed by atoms with Gasteiger partial charge in [0.15, 0.2) is 5.96 Å². The number of piperidine rings is 1. The first-order chi connectivity index (χ1) is 11.0. The Labute approximate surface area is 172 Å². The summed E-state index contributed by atoms with van der Waals surface area (Å²) in [6.45, 7) is 8.82. The molecule has 0 saturated carbocycles. The minimum absolute atomic E-state index is 0. The lowest BCUT2D eigenvalue weighted by Gasteiger charge is -2.33. The number of likely N-dealkylation sites (tertiary alicyclic amines) is 1. The van der Waals surface area contributed by atoms with Crippen LogP contribution in [0.5, 0.6) is 0 Å². The highest BCUT2D eigenvalue weighted by molar-refractivity contribution is 14.0. The van der Waals surface area contributed by atoms with Crippen molar-refractivity contribution < 1.29 is 0 Å². The van der Waals surface area contributed by atoms with E-state index in [1.165, 1.54) is 18.4 Å². The van der Waals surface area contributed by atoms with Crippen LogP contribution in [0.2, 0.25) is 0 Å². The highest BCUT2D eigenvalue weighted by atomic mass is 127. The molecule has 0 unspecified atom stereocenters. The monoisotopic (exact) mass is 482 g/mol. The van der Waals surface area contributed by atoms with Crippen LogP contribution >= 0.6 is 47.1 Å². The van der Waals surface area contributed by atoms with Gasteiger partial charge in [0.25, 0.3) is 0 Å². The van der Waals surface area contributed by atoms with E-state index in [4.69, 9.17) is 0 Å². The van der Waals surface area contributed by atoms with Crippen molar-refractivity contribution in [3.8, 4) is 0 Å². The van der Waals surface area contributed by atoms with E-state index >= 15 is 0 Å². The first-order valence-corrected chi connectivity index (χ1v) is 10.4. The Bertz CT molecular complexity index is 483. The van der Waals surface area contributed by atoms with Crippen molar-refractivity contribution in [3.63, 3.8) is 0 Å². The summed E-state index contributed by atoms with van der Waals surface area (Å²) in [6, 6.07) is 2.76. The molecule has 1 aromatic heterocycles. The van der Waals surface area contributed by atoms with Gasteiger partial charge >= 0.3 is 0 Å². The Kier molecular flexibility index (Phi) is 10.00. The lowest BCUT2D eigenvalue weighted by molar-refractivity contribution is 0.198. The summed E-state index contributed by atoms with van der Waals surface area (Å²) in [4.78, 5) is 6.92. The van der Waals surface area contributed by atoms with Crippen LogP contribution in [0.3, 0.4) is 0 Å². The van der Waals surface area contributed by atoms with Gasteiger partial charge in [0.1, 0.15) is 0 Å². The predicted molar refractivity (Wildman–Crippen MR) is 120 cm³/mol. The molecule has 138 valence electrons. The molecule has 0 aromatic carbocycles. The molecule has 2 N–H and O–H groups in total. The topological polar surface area (TPSA) is 39.7 Å². The van der Waals surface area contributed by atoms with E-state index in [0.717, 1.165) is 32.1 Å². The number of nitrogens with zero attached hydrogens (tertiary/aromatic N) is 2. The largest absolute Gasteiger partial charge is 0.355 e. The van der Waals surface area contributed by atoms with Crippen LogP contribution in [-0.4, -0.2) is 54.6 Å². The van der Waals surface area contributed by atoms with Crippen molar-refractivity contribution in [1.82, 2.24) is 15.5 Å². The minimum atomic E-state index is 0. The maximum Gasteiger partial charge on any atom is 0.191 e. The molecular formula is C17H31IN4S2. The zero-order chi connectivity index (χ0) is 16.7. The highest BCUT2D eigenvalue weighted by Gasteiger charge is 2.21. The fraction of sp³-hybridized carbons (Fsp3) is 0.706. The second-order valence-corrected chi connectivity index (χ2v) is 9.01. The van der Waals surface area contributed by atoms with Crippen LogP contribution in [0, 0.1) is 0 Å². The molecule has 24 heavy (non-hydrogen) atoms. The Hall–Kier alpha value is 0.01000. The van der Waals surface area contributed by atoms with Gasteiger partial charge in [-0.3, -0.25) is 9.89 Å². The summed E-state index contributed by atoms with van der Waals surface area (Å²) in [5.41, 5.74) is 1.44. The average molecular weight is 483 g/mol. The number of hydrogen-bond acceptors (Lipinski definition) is 4. The summed E-state index contributed by atoms with van der Waals surface area (Å²) in [5.74, 6) is 0.934. The van der Waals surface area contributed by atoms with Crippen molar-refractivity contribution in [2.24, 2.45) is 4.99 Å². The van der Waals surface area contributed by atoms with Gasteiger partial charge in [0, 0.05) is 44.0 Å². The van der Waals surface area contributed by atoms with E-state index in [2.05, 4.69) is 57.5 Å². The number of guanidine groups is 1. The van der Waals surface area contributed by atoms with E-state index in [0.29, 0.717) is 6.04 Å². The molecular weight excluding hydrogens is 451 g/mol. The van der Waals surface area contributed by atoms with Gasteiger partial charge < -0.3 is 10.6 Å². The average Bonchev–Trinajstić information content (AvgIpc) is 3.06. The summed E-state index contributed by atoms with van der Waals surface area (Å²) < 4.78 is 0.224. The lowest BCUT2D eigenvalue weighted by Crippen LogP contribution is -2.50. The van der Waals surface area contributed by atoms with Crippen LogP contribution in [0.15, 0.2) is 21.8 Å². The third-order valence-electron chi connectivity index (χ3n) is 4.37. The van der Waals surface area contributed by atoms with Crippen molar-refractivity contribution in [2.45, 2.75) is 44.0 Å². The van der Waals surface area contributed by atoms with Gasteiger partial charge in [0.2, 0.25) is 0 Å². The van der Waals surface area contributed by atoms with Crippen molar-refractivity contribution in [2.75, 3.05) is 32.9 Å². The first-order valence-electron chi connectivity index (χ1n) is 8.28. The van der Waals surface area contributed by atoms with Crippen molar-refractivity contribution in [1.29, 1.82) is 0 Å². The maximum atomic E-state index is 4.37. The van der Waals surface area contributed by atoms with Crippen molar-refractivity contribution >= 4 is 53.0 Å². The number of nitrogens with one attached hydrogen (secondary N) is 2. The fourth-order valence-electron chi connectivity index (χ4n) is 2.63.